The summed E-state index contributed by atoms with van der Waals surface area (Å²) in [5, 5.41) is 11.0. The fourth-order valence-electron chi connectivity index (χ4n) is 3.78. The van der Waals surface area contributed by atoms with Crippen LogP contribution in [0.5, 0.6) is 11.5 Å². The van der Waals surface area contributed by atoms with E-state index in [9.17, 15) is 4.79 Å². The van der Waals surface area contributed by atoms with Gasteiger partial charge in [0.15, 0.2) is 0 Å². The number of hydrogen-bond acceptors (Lipinski definition) is 5. The molecule has 0 saturated heterocycles. The number of aromatic nitrogens is 2. The Morgan fingerprint density at radius 2 is 2.19 bits per heavy atom. The minimum Gasteiger partial charge on any atom is -0.495 e. The van der Waals surface area contributed by atoms with Gasteiger partial charge in [0.25, 0.3) is 5.91 Å². The Morgan fingerprint density at radius 1 is 1.26 bits per heavy atom. The van der Waals surface area contributed by atoms with E-state index in [4.69, 9.17) is 13.9 Å². The van der Waals surface area contributed by atoms with Crippen LogP contribution in [0.15, 0.2) is 53.1 Å². The molecule has 0 aliphatic carbocycles. The third-order valence-corrected chi connectivity index (χ3v) is 5.31. The van der Waals surface area contributed by atoms with Crippen molar-refractivity contribution in [3.8, 4) is 11.5 Å². The molecule has 0 fully saturated rings. The van der Waals surface area contributed by atoms with E-state index in [0.717, 1.165) is 35.2 Å². The standard InChI is InChI=1S/C24H21N3O4/c1-29-23-18(24(28)25-14-17-3-2-11-30-17)6-8-20-22(23)19(26-27-20)7-4-15-5-9-21-16(13-15)10-12-31-21/h2-9,11,13H,10,12,14H2,1H3,(H,25,28)(H,26,27). The molecule has 1 amide bonds. The summed E-state index contributed by atoms with van der Waals surface area (Å²) in [6, 6.07) is 13.3. The summed E-state index contributed by atoms with van der Waals surface area (Å²) in [4.78, 5) is 12.8. The number of furan rings is 1. The van der Waals surface area contributed by atoms with Gasteiger partial charge in [-0.05, 0) is 53.6 Å². The van der Waals surface area contributed by atoms with Crippen LogP contribution in [0.4, 0.5) is 0 Å². The highest BCUT2D eigenvalue weighted by molar-refractivity contribution is 6.05. The zero-order chi connectivity index (χ0) is 21.2. The second-order valence-corrected chi connectivity index (χ2v) is 7.24. The smallest absolute Gasteiger partial charge is 0.255 e. The van der Waals surface area contributed by atoms with Crippen LogP contribution >= 0.6 is 0 Å². The summed E-state index contributed by atoms with van der Waals surface area (Å²) in [7, 11) is 1.55. The molecule has 2 N–H and O–H groups in total. The first-order valence-electron chi connectivity index (χ1n) is 10.0. The van der Waals surface area contributed by atoms with Crippen molar-refractivity contribution in [2.75, 3.05) is 13.7 Å². The van der Waals surface area contributed by atoms with E-state index in [0.29, 0.717) is 29.3 Å². The fourth-order valence-corrected chi connectivity index (χ4v) is 3.78. The number of ether oxygens (including phenoxy) is 2. The van der Waals surface area contributed by atoms with Gasteiger partial charge in [0.05, 0.1) is 48.7 Å². The number of benzene rings is 2. The third-order valence-electron chi connectivity index (χ3n) is 5.31. The van der Waals surface area contributed by atoms with Gasteiger partial charge in [-0.1, -0.05) is 12.1 Å². The summed E-state index contributed by atoms with van der Waals surface area (Å²) in [5.74, 6) is 1.87. The van der Waals surface area contributed by atoms with Crippen LogP contribution in [-0.4, -0.2) is 29.8 Å². The first-order chi connectivity index (χ1) is 15.2. The number of methoxy groups -OCH3 is 1. The van der Waals surface area contributed by atoms with Crippen molar-refractivity contribution in [2.24, 2.45) is 0 Å². The van der Waals surface area contributed by atoms with Crippen LogP contribution < -0.4 is 14.8 Å². The average molecular weight is 415 g/mol. The van der Waals surface area contributed by atoms with Crippen molar-refractivity contribution in [1.82, 2.24) is 15.5 Å². The van der Waals surface area contributed by atoms with E-state index in [2.05, 4.69) is 21.6 Å². The first-order valence-corrected chi connectivity index (χ1v) is 10.0. The topological polar surface area (TPSA) is 89.4 Å². The van der Waals surface area contributed by atoms with Gasteiger partial charge in [-0.25, -0.2) is 0 Å². The Morgan fingerprint density at radius 3 is 3.03 bits per heavy atom. The van der Waals surface area contributed by atoms with Gasteiger partial charge in [-0.15, -0.1) is 0 Å². The number of carbonyl (C=O) groups is 1. The summed E-state index contributed by atoms with van der Waals surface area (Å²) in [6.45, 7) is 1.03. The Balaban J connectivity index is 1.45. The number of nitrogens with zero attached hydrogens (tertiary/aromatic N) is 1. The Hall–Kier alpha value is -4.00. The molecular weight excluding hydrogens is 394 g/mol. The van der Waals surface area contributed by atoms with Gasteiger partial charge < -0.3 is 19.2 Å². The molecule has 0 bridgehead atoms. The molecule has 156 valence electrons. The molecule has 7 heteroatoms. The fraction of sp³-hybridized carbons (Fsp3) is 0.167. The van der Waals surface area contributed by atoms with Crippen LogP contribution in [0.25, 0.3) is 23.1 Å². The zero-order valence-corrected chi connectivity index (χ0v) is 17.0. The van der Waals surface area contributed by atoms with Crippen molar-refractivity contribution in [3.63, 3.8) is 0 Å². The molecule has 31 heavy (non-hydrogen) atoms. The Bertz CT molecular complexity index is 1270. The zero-order valence-electron chi connectivity index (χ0n) is 17.0. The molecule has 5 rings (SSSR count). The minimum absolute atomic E-state index is 0.245. The van der Waals surface area contributed by atoms with Crippen molar-refractivity contribution in [2.45, 2.75) is 13.0 Å². The minimum atomic E-state index is -0.245. The molecule has 0 unspecified atom stereocenters. The predicted octanol–water partition coefficient (Wildman–Crippen LogP) is 4.20. The van der Waals surface area contributed by atoms with Crippen molar-refractivity contribution in [3.05, 3.63) is 76.9 Å². The van der Waals surface area contributed by atoms with E-state index >= 15 is 0 Å². The molecule has 0 radical (unpaired) electrons. The van der Waals surface area contributed by atoms with Crippen LogP contribution in [0, 0.1) is 0 Å². The largest absolute Gasteiger partial charge is 0.495 e. The number of H-pyrrole nitrogens is 1. The lowest BCUT2D eigenvalue weighted by molar-refractivity contribution is 0.0945. The van der Waals surface area contributed by atoms with Gasteiger partial charge in [0, 0.05) is 6.42 Å². The predicted molar refractivity (Wildman–Crippen MR) is 117 cm³/mol. The van der Waals surface area contributed by atoms with Gasteiger partial charge >= 0.3 is 0 Å². The highest BCUT2D eigenvalue weighted by Crippen LogP contribution is 2.33. The molecule has 1 aliphatic rings. The molecule has 7 nitrogen and oxygen atoms in total. The summed E-state index contributed by atoms with van der Waals surface area (Å²) < 4.78 is 16.5. The monoisotopic (exact) mass is 415 g/mol. The van der Waals surface area contributed by atoms with Crippen LogP contribution in [-0.2, 0) is 13.0 Å². The van der Waals surface area contributed by atoms with E-state index in [1.54, 1.807) is 25.5 Å². The van der Waals surface area contributed by atoms with Crippen molar-refractivity contribution in [1.29, 1.82) is 0 Å². The first kappa shape index (κ1) is 19.0. The Kier molecular flexibility index (Phi) is 4.92. The number of hydrogen-bond donors (Lipinski definition) is 2. The quantitative estimate of drug-likeness (QED) is 0.493. The SMILES string of the molecule is COc1c(C(=O)NCc2ccco2)ccc2[nH]nc(C=Cc3ccc4c(c3)CCO4)c12. The lowest BCUT2D eigenvalue weighted by Crippen LogP contribution is -2.23. The molecule has 0 saturated carbocycles. The van der Waals surface area contributed by atoms with Gasteiger partial charge in [-0.2, -0.15) is 5.10 Å². The van der Waals surface area contributed by atoms with Crippen LogP contribution in [0.2, 0.25) is 0 Å². The molecule has 2 aromatic carbocycles. The van der Waals surface area contributed by atoms with Crippen molar-refractivity contribution >= 4 is 29.0 Å². The lowest BCUT2D eigenvalue weighted by atomic mass is 10.1. The maximum Gasteiger partial charge on any atom is 0.255 e. The number of rotatable bonds is 6. The van der Waals surface area contributed by atoms with Crippen LogP contribution in [0.3, 0.4) is 0 Å². The normalized spacial score (nSPS) is 12.8. The lowest BCUT2D eigenvalue weighted by Gasteiger charge is -2.10. The summed E-state index contributed by atoms with van der Waals surface area (Å²) >= 11 is 0. The number of amides is 1. The maximum absolute atomic E-state index is 12.8. The molecular formula is C24H21N3O4. The molecule has 1 aliphatic heterocycles. The van der Waals surface area contributed by atoms with E-state index in [1.807, 2.05) is 36.4 Å². The van der Waals surface area contributed by atoms with Gasteiger partial charge in [0.2, 0.25) is 0 Å². The maximum atomic E-state index is 12.8. The van der Waals surface area contributed by atoms with E-state index in [-0.39, 0.29) is 5.91 Å². The van der Waals surface area contributed by atoms with Crippen molar-refractivity contribution < 1.29 is 18.7 Å². The molecule has 2 aromatic heterocycles. The number of nitrogens with one attached hydrogen (secondary N) is 2. The Labute approximate surface area is 178 Å². The van der Waals surface area contributed by atoms with E-state index in [1.165, 1.54) is 5.56 Å². The third kappa shape index (κ3) is 3.66. The molecule has 0 spiro atoms. The highest BCUT2D eigenvalue weighted by atomic mass is 16.5. The summed E-state index contributed by atoms with van der Waals surface area (Å²) in [6.07, 6.45) is 6.42. The molecule has 0 atom stereocenters. The molecule has 3 heterocycles. The number of fused-ring (bicyclic) bond motifs is 2. The van der Waals surface area contributed by atoms with Crippen LogP contribution in [0.1, 0.15) is 32.9 Å². The van der Waals surface area contributed by atoms with E-state index < -0.39 is 0 Å². The highest BCUT2D eigenvalue weighted by Gasteiger charge is 2.19. The number of aromatic amines is 1. The van der Waals surface area contributed by atoms with Gasteiger partial charge in [0.1, 0.15) is 17.3 Å². The van der Waals surface area contributed by atoms with Gasteiger partial charge in [-0.3, -0.25) is 9.89 Å². The second-order valence-electron chi connectivity index (χ2n) is 7.24. The molecule has 4 aromatic rings. The average Bonchev–Trinajstić information content (AvgIpc) is 3.55. The summed E-state index contributed by atoms with van der Waals surface area (Å²) in [5.41, 5.74) is 4.20. The second kappa shape index (κ2) is 8.02. The number of carbonyl (C=O) groups excluding carboxylic acids is 1.